The highest BCUT2D eigenvalue weighted by atomic mass is 16.5. The van der Waals surface area contributed by atoms with Gasteiger partial charge in [0, 0.05) is 37.1 Å². The second-order valence-corrected chi connectivity index (χ2v) is 7.46. The monoisotopic (exact) mass is 357 g/mol. The number of β-amino-alcohol motifs (C(OH)–C–C–N with tert-alkyl or cyclic N) is 1. The fraction of sp³-hybridized carbons (Fsp3) is 0.550. The van der Waals surface area contributed by atoms with E-state index in [-0.39, 0.29) is 6.61 Å². The Labute approximate surface area is 154 Å². The van der Waals surface area contributed by atoms with Gasteiger partial charge in [0.25, 0.3) is 0 Å². The first-order chi connectivity index (χ1) is 12.7. The predicted molar refractivity (Wildman–Crippen MR) is 101 cm³/mol. The number of morpholine rings is 1. The van der Waals surface area contributed by atoms with E-state index in [1.807, 2.05) is 12.1 Å². The molecule has 2 fully saturated rings. The molecule has 0 unspecified atom stereocenters. The first-order valence-electron chi connectivity index (χ1n) is 9.44. The number of pyridine rings is 1. The van der Waals surface area contributed by atoms with Crippen molar-refractivity contribution >= 4 is 16.7 Å². The standard InChI is InChI=1S/C20H27N3O3/c24-15-20(25)6-3-7-22(14-20)13-17-12-16-4-1-2-5-18(16)21-19(17)23-8-10-26-11-9-23/h1-2,4-5,12,24-25H,3,6-11,13-15H2/t20-/m1/s1. The third-order valence-corrected chi connectivity index (χ3v) is 5.41. The van der Waals surface area contributed by atoms with Crippen LogP contribution in [0.3, 0.4) is 0 Å². The van der Waals surface area contributed by atoms with Crippen molar-refractivity contribution in [1.82, 2.24) is 9.88 Å². The van der Waals surface area contributed by atoms with E-state index in [2.05, 4.69) is 28.0 Å². The largest absolute Gasteiger partial charge is 0.393 e. The molecule has 0 saturated carbocycles. The number of nitrogens with zero attached hydrogens (tertiary/aromatic N) is 3. The van der Waals surface area contributed by atoms with Gasteiger partial charge >= 0.3 is 0 Å². The van der Waals surface area contributed by atoms with Crippen LogP contribution < -0.4 is 4.90 Å². The summed E-state index contributed by atoms with van der Waals surface area (Å²) in [5.41, 5.74) is 1.19. The van der Waals surface area contributed by atoms with Crippen LogP contribution in [-0.4, -0.2) is 71.7 Å². The van der Waals surface area contributed by atoms with Crippen LogP contribution in [0, 0.1) is 0 Å². The molecule has 6 heteroatoms. The molecule has 0 bridgehead atoms. The number of aromatic nitrogens is 1. The van der Waals surface area contributed by atoms with Crippen molar-refractivity contribution in [3.8, 4) is 0 Å². The van der Waals surface area contributed by atoms with Gasteiger partial charge in [-0.2, -0.15) is 0 Å². The van der Waals surface area contributed by atoms with Gasteiger partial charge in [-0.25, -0.2) is 4.98 Å². The van der Waals surface area contributed by atoms with Crippen molar-refractivity contribution in [3.63, 3.8) is 0 Å². The summed E-state index contributed by atoms with van der Waals surface area (Å²) in [7, 11) is 0. The first kappa shape index (κ1) is 17.7. The van der Waals surface area contributed by atoms with Crippen molar-refractivity contribution in [2.24, 2.45) is 0 Å². The van der Waals surface area contributed by atoms with E-state index >= 15 is 0 Å². The molecule has 2 aromatic rings. The number of hydrogen-bond donors (Lipinski definition) is 2. The lowest BCUT2D eigenvalue weighted by molar-refractivity contribution is -0.0687. The second kappa shape index (κ2) is 7.48. The summed E-state index contributed by atoms with van der Waals surface area (Å²) in [5.74, 6) is 1.02. The zero-order valence-electron chi connectivity index (χ0n) is 15.1. The maximum absolute atomic E-state index is 10.5. The third-order valence-electron chi connectivity index (χ3n) is 5.41. The number of anilines is 1. The van der Waals surface area contributed by atoms with E-state index < -0.39 is 5.60 Å². The first-order valence-corrected chi connectivity index (χ1v) is 9.44. The predicted octanol–water partition coefficient (Wildman–Crippen LogP) is 1.39. The minimum Gasteiger partial charge on any atom is -0.393 e. The normalized spacial score (nSPS) is 24.9. The maximum atomic E-state index is 10.5. The summed E-state index contributed by atoms with van der Waals surface area (Å²) >= 11 is 0. The number of aliphatic hydroxyl groups is 2. The van der Waals surface area contributed by atoms with Gasteiger partial charge in [-0.15, -0.1) is 0 Å². The zero-order valence-corrected chi connectivity index (χ0v) is 15.1. The Morgan fingerprint density at radius 1 is 1.15 bits per heavy atom. The maximum Gasteiger partial charge on any atom is 0.133 e. The van der Waals surface area contributed by atoms with E-state index in [9.17, 15) is 10.2 Å². The molecule has 6 nitrogen and oxygen atoms in total. The van der Waals surface area contributed by atoms with Crippen LogP contribution in [0.15, 0.2) is 30.3 Å². The van der Waals surface area contributed by atoms with E-state index in [0.717, 1.165) is 62.5 Å². The van der Waals surface area contributed by atoms with Crippen LogP contribution in [0.5, 0.6) is 0 Å². The van der Waals surface area contributed by atoms with E-state index in [4.69, 9.17) is 9.72 Å². The fourth-order valence-corrected chi connectivity index (χ4v) is 4.03. The highest BCUT2D eigenvalue weighted by molar-refractivity contribution is 5.81. The average molecular weight is 357 g/mol. The number of hydrogen-bond acceptors (Lipinski definition) is 6. The Kier molecular flexibility index (Phi) is 5.09. The Bertz CT molecular complexity index is 763. The lowest BCUT2D eigenvalue weighted by atomic mass is 9.93. The quantitative estimate of drug-likeness (QED) is 0.862. The number of piperidine rings is 1. The molecule has 1 aromatic carbocycles. The fourth-order valence-electron chi connectivity index (χ4n) is 4.03. The highest BCUT2D eigenvalue weighted by Gasteiger charge is 2.33. The van der Waals surface area contributed by atoms with E-state index in [1.54, 1.807) is 0 Å². The van der Waals surface area contributed by atoms with Gasteiger partial charge in [0.1, 0.15) is 11.4 Å². The number of benzene rings is 1. The smallest absolute Gasteiger partial charge is 0.133 e. The Morgan fingerprint density at radius 3 is 2.77 bits per heavy atom. The van der Waals surface area contributed by atoms with Gasteiger partial charge in [0.2, 0.25) is 0 Å². The van der Waals surface area contributed by atoms with Crippen molar-refractivity contribution in [2.75, 3.05) is 50.9 Å². The lowest BCUT2D eigenvalue weighted by Gasteiger charge is -2.38. The molecular weight excluding hydrogens is 330 g/mol. The van der Waals surface area contributed by atoms with Crippen LogP contribution >= 0.6 is 0 Å². The SMILES string of the molecule is OC[C@@]1(O)CCCN(Cc2cc3ccccc3nc2N2CCOCC2)C1. The number of fused-ring (bicyclic) bond motifs is 1. The summed E-state index contributed by atoms with van der Waals surface area (Å²) < 4.78 is 5.50. The summed E-state index contributed by atoms with van der Waals surface area (Å²) in [6.45, 7) is 5.11. The number of aliphatic hydroxyl groups excluding tert-OH is 1. The van der Waals surface area contributed by atoms with Gasteiger partial charge in [0.15, 0.2) is 0 Å². The molecule has 1 atom stereocenters. The molecule has 26 heavy (non-hydrogen) atoms. The van der Waals surface area contributed by atoms with Gasteiger partial charge in [-0.3, -0.25) is 4.90 Å². The molecule has 0 amide bonds. The zero-order chi connectivity index (χ0) is 18.0. The van der Waals surface area contributed by atoms with Crippen LogP contribution in [0.4, 0.5) is 5.82 Å². The highest BCUT2D eigenvalue weighted by Crippen LogP contribution is 2.28. The van der Waals surface area contributed by atoms with Crippen LogP contribution in [0.25, 0.3) is 10.9 Å². The van der Waals surface area contributed by atoms with Gasteiger partial charge < -0.3 is 19.8 Å². The number of rotatable bonds is 4. The average Bonchev–Trinajstić information content (AvgIpc) is 2.68. The summed E-state index contributed by atoms with van der Waals surface area (Å²) in [6, 6.07) is 10.4. The summed E-state index contributed by atoms with van der Waals surface area (Å²) in [6.07, 6.45) is 1.55. The molecule has 0 spiro atoms. The Hall–Kier alpha value is -1.73. The number of likely N-dealkylation sites (tertiary alicyclic amines) is 1. The topological polar surface area (TPSA) is 69.1 Å². The molecule has 140 valence electrons. The minimum absolute atomic E-state index is 0.185. The molecule has 2 N–H and O–H groups in total. The van der Waals surface area contributed by atoms with Crippen molar-refractivity contribution in [1.29, 1.82) is 0 Å². The molecule has 0 aliphatic carbocycles. The molecule has 4 rings (SSSR count). The summed E-state index contributed by atoms with van der Waals surface area (Å²) in [4.78, 5) is 9.48. The third kappa shape index (κ3) is 3.69. The molecule has 2 saturated heterocycles. The Balaban J connectivity index is 1.65. The van der Waals surface area contributed by atoms with Crippen LogP contribution in [0.2, 0.25) is 0 Å². The van der Waals surface area contributed by atoms with Gasteiger partial charge in [-0.1, -0.05) is 18.2 Å². The number of para-hydroxylation sites is 1. The van der Waals surface area contributed by atoms with Gasteiger partial charge in [0.05, 0.1) is 25.3 Å². The van der Waals surface area contributed by atoms with E-state index in [1.165, 1.54) is 5.56 Å². The molecule has 2 aliphatic rings. The molecule has 2 aliphatic heterocycles. The number of ether oxygens (including phenoxy) is 1. The van der Waals surface area contributed by atoms with Gasteiger partial charge in [-0.05, 0) is 31.5 Å². The summed E-state index contributed by atoms with van der Waals surface area (Å²) in [5, 5.41) is 21.1. The molecule has 0 radical (unpaired) electrons. The Morgan fingerprint density at radius 2 is 1.96 bits per heavy atom. The van der Waals surface area contributed by atoms with Crippen molar-refractivity contribution in [3.05, 3.63) is 35.9 Å². The van der Waals surface area contributed by atoms with Crippen LogP contribution in [-0.2, 0) is 11.3 Å². The minimum atomic E-state index is -0.984. The second-order valence-electron chi connectivity index (χ2n) is 7.46. The molecular formula is C20H27N3O3. The van der Waals surface area contributed by atoms with E-state index in [0.29, 0.717) is 13.0 Å². The molecule has 3 heterocycles. The van der Waals surface area contributed by atoms with Crippen molar-refractivity contribution < 1.29 is 14.9 Å². The van der Waals surface area contributed by atoms with Crippen LogP contribution in [0.1, 0.15) is 18.4 Å². The molecule has 1 aromatic heterocycles. The lowest BCUT2D eigenvalue weighted by Crippen LogP contribution is -2.50. The van der Waals surface area contributed by atoms with Crippen molar-refractivity contribution in [2.45, 2.75) is 25.0 Å².